The predicted octanol–water partition coefficient (Wildman–Crippen LogP) is 4.19. The van der Waals surface area contributed by atoms with E-state index in [1.807, 2.05) is 36.4 Å². The Morgan fingerprint density at radius 2 is 1.64 bits per heavy atom. The van der Waals surface area contributed by atoms with E-state index in [-0.39, 0.29) is 5.91 Å². The van der Waals surface area contributed by atoms with Gasteiger partial charge in [-0.1, -0.05) is 60.7 Å². The molecular formula is C21H20N2OS. The summed E-state index contributed by atoms with van der Waals surface area (Å²) in [6.45, 7) is 3.38. The average Bonchev–Trinajstić information content (AvgIpc) is 3.20. The largest absolute Gasteiger partial charge is 0.347 e. The number of thiophene rings is 1. The highest BCUT2D eigenvalue weighted by molar-refractivity contribution is 7.14. The fraction of sp³-hybridized carbons (Fsp3) is 0.190. The van der Waals surface area contributed by atoms with Crippen LogP contribution in [0.25, 0.3) is 0 Å². The van der Waals surface area contributed by atoms with Crippen LogP contribution < -0.4 is 5.32 Å². The molecular weight excluding hydrogens is 328 g/mol. The first-order chi connectivity index (χ1) is 12.3. The quantitative estimate of drug-likeness (QED) is 0.750. The molecule has 1 amide bonds. The molecule has 0 unspecified atom stereocenters. The topological polar surface area (TPSA) is 32.3 Å². The van der Waals surface area contributed by atoms with Gasteiger partial charge in [-0.25, -0.2) is 0 Å². The zero-order valence-corrected chi connectivity index (χ0v) is 14.8. The number of nitrogens with zero attached hydrogens (tertiary/aromatic N) is 1. The van der Waals surface area contributed by atoms with Crippen LogP contribution in [0, 0.1) is 0 Å². The fourth-order valence-electron chi connectivity index (χ4n) is 3.16. The lowest BCUT2D eigenvalue weighted by Gasteiger charge is -2.14. The first-order valence-electron chi connectivity index (χ1n) is 8.48. The third-order valence-electron chi connectivity index (χ3n) is 4.43. The Balaban J connectivity index is 1.35. The molecule has 3 aromatic rings. The van der Waals surface area contributed by atoms with Gasteiger partial charge in [-0.05, 0) is 22.8 Å². The van der Waals surface area contributed by atoms with Crippen molar-refractivity contribution in [1.29, 1.82) is 0 Å². The summed E-state index contributed by atoms with van der Waals surface area (Å²) < 4.78 is 0. The summed E-state index contributed by atoms with van der Waals surface area (Å²) in [6, 6.07) is 22.6. The van der Waals surface area contributed by atoms with E-state index in [1.54, 1.807) is 11.3 Å². The average molecular weight is 348 g/mol. The van der Waals surface area contributed by atoms with Crippen LogP contribution in [-0.4, -0.2) is 10.8 Å². The Labute approximate surface area is 151 Å². The fourth-order valence-corrected chi connectivity index (χ4v) is 4.30. The Morgan fingerprint density at radius 3 is 2.32 bits per heavy atom. The van der Waals surface area contributed by atoms with Crippen molar-refractivity contribution in [2.45, 2.75) is 26.2 Å². The van der Waals surface area contributed by atoms with Crippen LogP contribution in [0.3, 0.4) is 0 Å². The van der Waals surface area contributed by atoms with Crippen LogP contribution in [0.15, 0.2) is 66.7 Å². The zero-order valence-electron chi connectivity index (χ0n) is 13.9. The first kappa shape index (κ1) is 16.1. The minimum absolute atomic E-state index is 0.0258. The number of hydrogen-bond acceptors (Lipinski definition) is 3. The minimum atomic E-state index is 0.0258. The molecule has 0 atom stereocenters. The third-order valence-corrected chi connectivity index (χ3v) is 5.59. The summed E-state index contributed by atoms with van der Waals surface area (Å²) >= 11 is 1.63. The molecule has 0 radical (unpaired) electrons. The van der Waals surface area contributed by atoms with E-state index in [4.69, 9.17) is 0 Å². The Bertz CT molecular complexity index is 835. The molecule has 2 aromatic carbocycles. The van der Waals surface area contributed by atoms with Gasteiger partial charge >= 0.3 is 0 Å². The lowest BCUT2D eigenvalue weighted by atomic mass is 10.2. The molecule has 25 heavy (non-hydrogen) atoms. The van der Waals surface area contributed by atoms with Gasteiger partial charge in [0.25, 0.3) is 5.91 Å². The van der Waals surface area contributed by atoms with Crippen LogP contribution in [0.2, 0.25) is 0 Å². The van der Waals surface area contributed by atoms with Gasteiger partial charge in [0.05, 0.1) is 4.88 Å². The maximum atomic E-state index is 12.4. The van der Waals surface area contributed by atoms with E-state index in [0.29, 0.717) is 6.54 Å². The van der Waals surface area contributed by atoms with Crippen LogP contribution in [0.5, 0.6) is 0 Å². The van der Waals surface area contributed by atoms with E-state index in [9.17, 15) is 4.79 Å². The second-order valence-corrected chi connectivity index (χ2v) is 7.49. The van der Waals surface area contributed by atoms with Gasteiger partial charge in [0.2, 0.25) is 0 Å². The van der Waals surface area contributed by atoms with E-state index in [1.165, 1.54) is 16.0 Å². The van der Waals surface area contributed by atoms with Gasteiger partial charge in [0.1, 0.15) is 0 Å². The van der Waals surface area contributed by atoms with Crippen molar-refractivity contribution in [3.63, 3.8) is 0 Å². The Morgan fingerprint density at radius 1 is 0.960 bits per heavy atom. The van der Waals surface area contributed by atoms with Crippen LogP contribution in [0.1, 0.15) is 31.2 Å². The van der Waals surface area contributed by atoms with Crippen molar-refractivity contribution in [2.24, 2.45) is 0 Å². The van der Waals surface area contributed by atoms with Crippen molar-refractivity contribution < 1.29 is 4.79 Å². The van der Waals surface area contributed by atoms with Crippen molar-refractivity contribution in [3.05, 3.63) is 93.2 Å². The van der Waals surface area contributed by atoms with Crippen LogP contribution in [-0.2, 0) is 26.2 Å². The number of benzene rings is 2. The van der Waals surface area contributed by atoms with E-state index in [2.05, 4.69) is 40.5 Å². The van der Waals surface area contributed by atoms with Gasteiger partial charge in [0, 0.05) is 31.1 Å². The second kappa shape index (κ2) is 7.21. The highest BCUT2D eigenvalue weighted by Gasteiger charge is 2.23. The molecule has 1 aliphatic rings. The molecule has 3 nitrogen and oxygen atoms in total. The van der Waals surface area contributed by atoms with Crippen LogP contribution >= 0.6 is 11.3 Å². The van der Waals surface area contributed by atoms with Gasteiger partial charge in [-0.3, -0.25) is 9.69 Å². The monoisotopic (exact) mass is 348 g/mol. The predicted molar refractivity (Wildman–Crippen MR) is 101 cm³/mol. The normalized spacial score (nSPS) is 13.6. The Hall–Kier alpha value is -2.43. The number of carbonyl (C=O) groups is 1. The van der Waals surface area contributed by atoms with Crippen molar-refractivity contribution in [2.75, 3.05) is 0 Å². The number of hydrogen-bond donors (Lipinski definition) is 1. The molecule has 0 saturated carbocycles. The molecule has 1 N–H and O–H groups in total. The molecule has 0 bridgehead atoms. The summed E-state index contributed by atoms with van der Waals surface area (Å²) in [7, 11) is 0. The number of fused-ring (bicyclic) bond motifs is 1. The molecule has 126 valence electrons. The smallest absolute Gasteiger partial charge is 0.261 e. The summed E-state index contributed by atoms with van der Waals surface area (Å²) in [5.74, 6) is 0.0258. The molecule has 0 spiro atoms. The number of nitrogens with one attached hydrogen (secondary N) is 1. The molecule has 1 aliphatic heterocycles. The van der Waals surface area contributed by atoms with Gasteiger partial charge < -0.3 is 5.32 Å². The zero-order chi connectivity index (χ0) is 17.1. The van der Waals surface area contributed by atoms with Crippen LogP contribution in [0.4, 0.5) is 0 Å². The number of amides is 1. The van der Waals surface area contributed by atoms with E-state index in [0.717, 1.165) is 30.1 Å². The summed E-state index contributed by atoms with van der Waals surface area (Å²) in [5.41, 5.74) is 3.75. The maximum Gasteiger partial charge on any atom is 0.261 e. The Kier molecular flexibility index (Phi) is 4.63. The maximum absolute atomic E-state index is 12.4. The molecule has 0 fully saturated rings. The minimum Gasteiger partial charge on any atom is -0.347 e. The highest BCUT2D eigenvalue weighted by atomic mass is 32.1. The first-order valence-corrected chi connectivity index (χ1v) is 9.29. The van der Waals surface area contributed by atoms with E-state index >= 15 is 0 Å². The molecule has 0 saturated heterocycles. The number of rotatable bonds is 5. The SMILES string of the molecule is O=C(NCc1ccccc1)c1cc2c(s1)CN(Cc1ccccc1)C2. The van der Waals surface area contributed by atoms with Gasteiger partial charge in [0.15, 0.2) is 0 Å². The standard InChI is InChI=1S/C21H20N2OS/c24-21(22-12-16-7-3-1-4-8-16)19-11-18-14-23(15-20(18)25-19)13-17-9-5-2-6-10-17/h1-11H,12-15H2,(H,22,24). The van der Waals surface area contributed by atoms with Gasteiger partial charge in [-0.2, -0.15) is 0 Å². The van der Waals surface area contributed by atoms with Crippen molar-refractivity contribution >= 4 is 17.2 Å². The van der Waals surface area contributed by atoms with Crippen molar-refractivity contribution in [3.8, 4) is 0 Å². The molecule has 4 heteroatoms. The second-order valence-electron chi connectivity index (χ2n) is 6.36. The van der Waals surface area contributed by atoms with E-state index < -0.39 is 0 Å². The number of carbonyl (C=O) groups excluding carboxylic acids is 1. The highest BCUT2D eigenvalue weighted by Crippen LogP contribution is 2.32. The summed E-state index contributed by atoms with van der Waals surface area (Å²) in [5, 5.41) is 3.01. The third kappa shape index (κ3) is 3.81. The summed E-state index contributed by atoms with van der Waals surface area (Å²) in [6.07, 6.45) is 0. The lowest BCUT2D eigenvalue weighted by molar-refractivity contribution is 0.0955. The molecule has 4 rings (SSSR count). The molecule has 0 aliphatic carbocycles. The molecule has 2 heterocycles. The summed E-state index contributed by atoms with van der Waals surface area (Å²) in [4.78, 5) is 16.9. The molecule has 1 aromatic heterocycles. The van der Waals surface area contributed by atoms with Crippen molar-refractivity contribution in [1.82, 2.24) is 10.2 Å². The van der Waals surface area contributed by atoms with Gasteiger partial charge in [-0.15, -0.1) is 11.3 Å². The lowest BCUT2D eigenvalue weighted by Crippen LogP contribution is -2.22.